The first-order valence-corrected chi connectivity index (χ1v) is 9.50. The molecule has 6 heterocycles. The van der Waals surface area contributed by atoms with Gasteiger partial charge in [-0.3, -0.25) is 25.0 Å². The van der Waals surface area contributed by atoms with Crippen molar-refractivity contribution in [3.05, 3.63) is 79.6 Å². The zero-order valence-corrected chi connectivity index (χ0v) is 15.7. The van der Waals surface area contributed by atoms with Crippen LogP contribution in [-0.4, -0.2) is 35.1 Å². The largest absolute Gasteiger partial charge is 0.352 e. The molecule has 142 valence electrons. The first-order chi connectivity index (χ1) is 14.9. The SMILES string of the molecule is c1ccc(-c2cncc3[nH]c(-c4n[nH]c5cnc(-c6ccncc6)cc45)cc23)nc1. The Hall–Kier alpha value is -4.39. The number of nitrogens with zero attached hydrogens (tertiary/aromatic N) is 5. The highest BCUT2D eigenvalue weighted by atomic mass is 15.1. The molecule has 0 unspecified atom stereocenters. The number of aromatic amines is 2. The van der Waals surface area contributed by atoms with Crippen LogP contribution in [0.5, 0.6) is 0 Å². The lowest BCUT2D eigenvalue weighted by Gasteiger charge is -2.01. The molecule has 0 aromatic carbocycles. The van der Waals surface area contributed by atoms with Gasteiger partial charge in [0.05, 0.1) is 40.5 Å². The van der Waals surface area contributed by atoms with Crippen molar-refractivity contribution in [2.24, 2.45) is 0 Å². The molecular formula is C23H15N7. The van der Waals surface area contributed by atoms with Crippen molar-refractivity contribution < 1.29 is 0 Å². The van der Waals surface area contributed by atoms with Crippen LogP contribution in [0.15, 0.2) is 79.6 Å². The van der Waals surface area contributed by atoms with Gasteiger partial charge in [0.15, 0.2) is 0 Å². The van der Waals surface area contributed by atoms with Gasteiger partial charge < -0.3 is 4.98 Å². The highest BCUT2D eigenvalue weighted by Crippen LogP contribution is 2.33. The first kappa shape index (κ1) is 16.6. The Morgan fingerprint density at radius 3 is 2.50 bits per heavy atom. The van der Waals surface area contributed by atoms with E-state index in [4.69, 9.17) is 0 Å². The molecule has 0 aliphatic rings. The van der Waals surface area contributed by atoms with Gasteiger partial charge in [0.1, 0.15) is 5.69 Å². The van der Waals surface area contributed by atoms with Crippen molar-refractivity contribution in [3.63, 3.8) is 0 Å². The summed E-state index contributed by atoms with van der Waals surface area (Å²) < 4.78 is 0. The second kappa shape index (κ2) is 6.59. The molecule has 0 fully saturated rings. The number of fused-ring (bicyclic) bond motifs is 2. The van der Waals surface area contributed by atoms with Gasteiger partial charge in [-0.15, -0.1) is 0 Å². The minimum Gasteiger partial charge on any atom is -0.352 e. The molecule has 0 radical (unpaired) electrons. The van der Waals surface area contributed by atoms with E-state index in [1.807, 2.05) is 55.0 Å². The van der Waals surface area contributed by atoms with E-state index in [1.54, 1.807) is 18.6 Å². The number of aromatic nitrogens is 7. The van der Waals surface area contributed by atoms with Gasteiger partial charge in [0.2, 0.25) is 0 Å². The fraction of sp³-hybridized carbons (Fsp3) is 0. The Labute approximate surface area is 170 Å². The Morgan fingerprint density at radius 2 is 1.63 bits per heavy atom. The van der Waals surface area contributed by atoms with Gasteiger partial charge in [-0.2, -0.15) is 5.10 Å². The second-order valence-electron chi connectivity index (χ2n) is 6.97. The molecule has 0 amide bonds. The van der Waals surface area contributed by atoms with Gasteiger partial charge in [0, 0.05) is 46.7 Å². The molecule has 0 bridgehead atoms. The molecule has 7 heteroatoms. The summed E-state index contributed by atoms with van der Waals surface area (Å²) in [7, 11) is 0. The van der Waals surface area contributed by atoms with E-state index in [0.717, 1.165) is 55.7 Å². The van der Waals surface area contributed by atoms with Gasteiger partial charge in [0.25, 0.3) is 0 Å². The molecule has 0 saturated carbocycles. The monoisotopic (exact) mass is 389 g/mol. The zero-order chi connectivity index (χ0) is 19.9. The summed E-state index contributed by atoms with van der Waals surface area (Å²) in [6.07, 6.45) is 10.8. The number of pyridine rings is 4. The van der Waals surface area contributed by atoms with Gasteiger partial charge >= 0.3 is 0 Å². The normalized spacial score (nSPS) is 11.3. The zero-order valence-electron chi connectivity index (χ0n) is 15.7. The van der Waals surface area contributed by atoms with Crippen molar-refractivity contribution in [2.75, 3.05) is 0 Å². The molecule has 6 rings (SSSR count). The summed E-state index contributed by atoms with van der Waals surface area (Å²) in [5.74, 6) is 0. The van der Waals surface area contributed by atoms with E-state index < -0.39 is 0 Å². The molecule has 30 heavy (non-hydrogen) atoms. The van der Waals surface area contributed by atoms with Crippen LogP contribution in [0.25, 0.3) is 55.7 Å². The lowest BCUT2D eigenvalue weighted by Crippen LogP contribution is -1.84. The number of hydrogen-bond acceptors (Lipinski definition) is 5. The molecule has 6 aromatic rings. The summed E-state index contributed by atoms with van der Waals surface area (Å²) in [5.41, 5.74) is 7.32. The van der Waals surface area contributed by atoms with E-state index in [-0.39, 0.29) is 0 Å². The van der Waals surface area contributed by atoms with Crippen LogP contribution in [0.2, 0.25) is 0 Å². The third-order valence-electron chi connectivity index (χ3n) is 5.16. The topological polar surface area (TPSA) is 96.0 Å². The van der Waals surface area contributed by atoms with E-state index >= 15 is 0 Å². The third-order valence-corrected chi connectivity index (χ3v) is 5.16. The Balaban J connectivity index is 1.52. The minimum atomic E-state index is 0.839. The van der Waals surface area contributed by atoms with E-state index in [9.17, 15) is 0 Å². The molecule has 0 aliphatic heterocycles. The van der Waals surface area contributed by atoms with Crippen molar-refractivity contribution in [2.45, 2.75) is 0 Å². The van der Waals surface area contributed by atoms with E-state index in [0.29, 0.717) is 0 Å². The predicted octanol–water partition coefficient (Wildman–Crippen LogP) is 4.63. The Kier molecular flexibility index (Phi) is 3.64. The van der Waals surface area contributed by atoms with Crippen molar-refractivity contribution in [1.29, 1.82) is 0 Å². The van der Waals surface area contributed by atoms with Crippen molar-refractivity contribution in [3.8, 4) is 33.9 Å². The fourth-order valence-corrected chi connectivity index (χ4v) is 3.71. The average molecular weight is 389 g/mol. The van der Waals surface area contributed by atoms with Crippen LogP contribution >= 0.6 is 0 Å². The number of hydrogen-bond donors (Lipinski definition) is 2. The van der Waals surface area contributed by atoms with Crippen LogP contribution in [0, 0.1) is 0 Å². The fourth-order valence-electron chi connectivity index (χ4n) is 3.71. The number of rotatable bonds is 3. The number of H-pyrrole nitrogens is 2. The van der Waals surface area contributed by atoms with Crippen LogP contribution in [0.1, 0.15) is 0 Å². The van der Waals surface area contributed by atoms with Gasteiger partial charge in [-0.25, -0.2) is 0 Å². The molecular weight excluding hydrogens is 374 g/mol. The quantitative estimate of drug-likeness (QED) is 0.460. The average Bonchev–Trinajstić information content (AvgIpc) is 3.43. The lowest BCUT2D eigenvalue weighted by molar-refractivity contribution is 1.11. The second-order valence-corrected chi connectivity index (χ2v) is 6.97. The van der Waals surface area contributed by atoms with Crippen LogP contribution in [0.3, 0.4) is 0 Å². The number of nitrogens with one attached hydrogen (secondary N) is 2. The highest BCUT2D eigenvalue weighted by molar-refractivity contribution is 6.00. The molecule has 6 aromatic heterocycles. The van der Waals surface area contributed by atoms with Crippen LogP contribution < -0.4 is 0 Å². The highest BCUT2D eigenvalue weighted by Gasteiger charge is 2.15. The summed E-state index contributed by atoms with van der Waals surface area (Å²) in [6.45, 7) is 0. The summed E-state index contributed by atoms with van der Waals surface area (Å²) in [5, 5.41) is 9.69. The maximum Gasteiger partial charge on any atom is 0.116 e. The van der Waals surface area contributed by atoms with Crippen molar-refractivity contribution >= 4 is 21.8 Å². The molecule has 0 aliphatic carbocycles. The van der Waals surface area contributed by atoms with Crippen LogP contribution in [-0.2, 0) is 0 Å². The standard InChI is InChI=1S/C23H15N7/c1-2-6-26-18(3-1)17-11-25-12-21-15(17)9-20(28-21)23-16-10-19(14-4-7-24-8-5-14)27-13-22(16)29-30-23/h1-13,28H,(H,29,30). The molecule has 2 N–H and O–H groups in total. The van der Waals surface area contributed by atoms with Gasteiger partial charge in [-0.05, 0) is 36.4 Å². The predicted molar refractivity (Wildman–Crippen MR) is 115 cm³/mol. The van der Waals surface area contributed by atoms with E-state index in [2.05, 4.69) is 41.2 Å². The Bertz CT molecular complexity index is 1480. The van der Waals surface area contributed by atoms with Gasteiger partial charge in [-0.1, -0.05) is 6.07 Å². The Morgan fingerprint density at radius 1 is 0.700 bits per heavy atom. The maximum absolute atomic E-state index is 4.55. The first-order valence-electron chi connectivity index (χ1n) is 9.50. The molecule has 0 atom stereocenters. The summed E-state index contributed by atoms with van der Waals surface area (Å²) in [4.78, 5) is 21.0. The van der Waals surface area contributed by atoms with E-state index in [1.165, 1.54) is 0 Å². The smallest absolute Gasteiger partial charge is 0.116 e. The lowest BCUT2D eigenvalue weighted by atomic mass is 10.1. The summed E-state index contributed by atoms with van der Waals surface area (Å²) >= 11 is 0. The maximum atomic E-state index is 4.55. The molecule has 0 spiro atoms. The minimum absolute atomic E-state index is 0.839. The van der Waals surface area contributed by atoms with Crippen LogP contribution in [0.4, 0.5) is 0 Å². The molecule has 0 saturated heterocycles. The third kappa shape index (κ3) is 2.64. The summed E-state index contributed by atoms with van der Waals surface area (Å²) in [6, 6.07) is 13.9. The van der Waals surface area contributed by atoms with Crippen molar-refractivity contribution in [1.82, 2.24) is 35.1 Å². The molecule has 7 nitrogen and oxygen atoms in total.